The Bertz CT molecular complexity index is 1650. The lowest BCUT2D eigenvalue weighted by Crippen LogP contribution is -2.34. The van der Waals surface area contributed by atoms with Crippen LogP contribution < -0.4 is 5.73 Å². The van der Waals surface area contributed by atoms with Gasteiger partial charge in [0.05, 0.1) is 30.3 Å². The van der Waals surface area contributed by atoms with E-state index in [9.17, 15) is 9.59 Å². The van der Waals surface area contributed by atoms with Crippen LogP contribution in [0.3, 0.4) is 0 Å². The normalized spacial score (nSPS) is 21.3. The fourth-order valence-electron chi connectivity index (χ4n) is 6.09. The highest BCUT2D eigenvalue weighted by Crippen LogP contribution is 2.51. The Balaban J connectivity index is 1.08. The van der Waals surface area contributed by atoms with Crippen LogP contribution in [0.1, 0.15) is 31.0 Å². The maximum atomic E-state index is 12.7. The monoisotopic (exact) mass is 546 g/mol. The number of hydrogen-bond donors (Lipinski definition) is 2. The number of rotatable bonds is 8. The Morgan fingerprint density at radius 3 is 2.27 bits per heavy atom. The molecule has 3 atom stereocenters. The van der Waals surface area contributed by atoms with E-state index in [4.69, 9.17) is 5.73 Å². The molecule has 2 amide bonds. The second kappa shape index (κ2) is 9.65. The summed E-state index contributed by atoms with van der Waals surface area (Å²) in [5.41, 5.74) is 11.3. The largest absolute Gasteiger partial charge is 0.368 e. The number of fused-ring (bicyclic) bond motifs is 1. The van der Waals surface area contributed by atoms with Crippen LogP contribution in [-0.2, 0) is 21.5 Å². The van der Waals surface area contributed by atoms with Crippen molar-refractivity contribution in [3.63, 3.8) is 0 Å². The van der Waals surface area contributed by atoms with Crippen LogP contribution >= 0.6 is 0 Å². The Morgan fingerprint density at radius 1 is 0.927 bits per heavy atom. The molecule has 0 bridgehead atoms. The van der Waals surface area contributed by atoms with Gasteiger partial charge in [0, 0.05) is 47.4 Å². The molecule has 3 aliphatic rings. The van der Waals surface area contributed by atoms with Gasteiger partial charge in [-0.25, -0.2) is 9.97 Å². The van der Waals surface area contributed by atoms with Gasteiger partial charge in [0.15, 0.2) is 0 Å². The van der Waals surface area contributed by atoms with Crippen LogP contribution in [0.5, 0.6) is 0 Å². The number of nitrogen functional groups attached to an aromatic ring is 1. The number of aromatic nitrogens is 6. The van der Waals surface area contributed by atoms with Crippen molar-refractivity contribution in [1.82, 2.24) is 34.8 Å². The first-order valence-corrected chi connectivity index (χ1v) is 13.9. The van der Waals surface area contributed by atoms with E-state index in [1.54, 1.807) is 23.3 Å². The molecule has 1 saturated heterocycles. The van der Waals surface area contributed by atoms with E-state index in [0.29, 0.717) is 12.5 Å². The predicted octanol–water partition coefficient (Wildman–Crippen LogP) is 3.76. The summed E-state index contributed by atoms with van der Waals surface area (Å²) in [6, 6.07) is 10.7. The van der Waals surface area contributed by atoms with E-state index in [2.05, 4.69) is 62.5 Å². The molecule has 0 radical (unpaired) electrons. The molecule has 2 aliphatic carbocycles. The van der Waals surface area contributed by atoms with Crippen molar-refractivity contribution in [3.8, 4) is 22.4 Å². The lowest BCUT2D eigenvalue weighted by Gasteiger charge is -2.29. The van der Waals surface area contributed by atoms with Gasteiger partial charge < -0.3 is 5.73 Å². The van der Waals surface area contributed by atoms with Crippen molar-refractivity contribution in [2.24, 2.45) is 17.8 Å². The van der Waals surface area contributed by atoms with Gasteiger partial charge in [0.1, 0.15) is 0 Å². The number of nitrogens with two attached hydrogens (primary N) is 1. The first kappa shape index (κ1) is 25.1. The third-order valence-corrected chi connectivity index (χ3v) is 8.74. The zero-order chi connectivity index (χ0) is 28.1. The highest BCUT2D eigenvalue weighted by molar-refractivity contribution is 6.07. The molecule has 1 aliphatic heterocycles. The zero-order valence-electron chi connectivity index (χ0n) is 22.6. The summed E-state index contributed by atoms with van der Waals surface area (Å²) >= 11 is 0. The molecular weight excluding hydrogens is 516 g/mol. The number of benzene rings is 1. The summed E-state index contributed by atoms with van der Waals surface area (Å²) in [5.74, 6) is -0.262. The molecule has 1 saturated carbocycles. The van der Waals surface area contributed by atoms with Gasteiger partial charge in [-0.3, -0.25) is 24.3 Å². The number of aromatic amines is 1. The average molecular weight is 547 g/mol. The molecule has 3 N–H and O–H groups in total. The Morgan fingerprint density at radius 2 is 1.61 bits per heavy atom. The molecule has 10 heteroatoms. The van der Waals surface area contributed by atoms with E-state index >= 15 is 0 Å². The Labute approximate surface area is 237 Å². The first-order chi connectivity index (χ1) is 19.9. The molecule has 10 nitrogen and oxygen atoms in total. The molecule has 0 spiro atoms. The summed E-state index contributed by atoms with van der Waals surface area (Å²) in [4.78, 5) is 35.1. The van der Waals surface area contributed by atoms with Crippen LogP contribution in [0, 0.1) is 17.8 Å². The number of nitrogens with zero attached hydrogens (tertiary/aromatic N) is 6. The summed E-state index contributed by atoms with van der Waals surface area (Å²) in [6.07, 6.45) is 16.8. The van der Waals surface area contributed by atoms with E-state index in [0.717, 1.165) is 40.9 Å². The highest BCUT2D eigenvalue weighted by atomic mass is 16.2. The third-order valence-electron chi connectivity index (χ3n) is 8.74. The van der Waals surface area contributed by atoms with Crippen LogP contribution in [0.15, 0.2) is 79.4 Å². The van der Waals surface area contributed by atoms with Gasteiger partial charge in [0.2, 0.25) is 17.8 Å². The van der Waals surface area contributed by atoms with E-state index in [1.165, 1.54) is 10.5 Å². The molecule has 41 heavy (non-hydrogen) atoms. The van der Waals surface area contributed by atoms with E-state index in [-0.39, 0.29) is 41.6 Å². The third kappa shape index (κ3) is 4.35. The van der Waals surface area contributed by atoms with Crippen molar-refractivity contribution in [3.05, 3.63) is 90.7 Å². The number of carbonyl (C=O) groups excluding carboxylic acids is 2. The van der Waals surface area contributed by atoms with Gasteiger partial charge in [-0.2, -0.15) is 10.2 Å². The van der Waals surface area contributed by atoms with Crippen LogP contribution in [0.4, 0.5) is 5.95 Å². The van der Waals surface area contributed by atoms with Gasteiger partial charge in [-0.15, -0.1) is 0 Å². The lowest BCUT2D eigenvalue weighted by molar-refractivity contribution is -0.139. The molecule has 2 unspecified atom stereocenters. The molecule has 4 heterocycles. The number of likely N-dealkylation sites (tertiary alicyclic amines) is 1. The van der Waals surface area contributed by atoms with Crippen molar-refractivity contribution < 1.29 is 9.59 Å². The number of amides is 2. The fraction of sp³-hybridized carbons (Fsp3) is 0.290. The average Bonchev–Trinajstić information content (AvgIpc) is 3.46. The van der Waals surface area contributed by atoms with Gasteiger partial charge in [-0.1, -0.05) is 48.6 Å². The minimum atomic E-state index is -0.383. The summed E-state index contributed by atoms with van der Waals surface area (Å²) < 4.78 is 1.76. The SMILES string of the molecule is C[C@@](c1ccc(-c2cnc(N)nc2)cc1)(c1cc(-c2cnn(CCN3C(=O)C4C=CC=CC4C3=O)c2)n[nH]1)C1CC1. The maximum absolute atomic E-state index is 12.7. The summed E-state index contributed by atoms with van der Waals surface area (Å²) in [6.45, 7) is 2.99. The molecule has 7 rings (SSSR count). The van der Waals surface area contributed by atoms with Crippen molar-refractivity contribution in [2.45, 2.75) is 31.7 Å². The zero-order valence-corrected chi connectivity index (χ0v) is 22.6. The quantitative estimate of drug-likeness (QED) is 0.321. The number of nitrogens with one attached hydrogen (secondary N) is 1. The summed E-state index contributed by atoms with van der Waals surface area (Å²) in [7, 11) is 0. The minimum Gasteiger partial charge on any atom is -0.368 e. The van der Waals surface area contributed by atoms with Crippen molar-refractivity contribution in [1.29, 1.82) is 0 Å². The van der Waals surface area contributed by atoms with Gasteiger partial charge in [-0.05, 0) is 42.9 Å². The first-order valence-electron chi connectivity index (χ1n) is 13.9. The van der Waals surface area contributed by atoms with Crippen molar-refractivity contribution >= 4 is 17.8 Å². The van der Waals surface area contributed by atoms with Crippen LogP contribution in [-0.4, -0.2) is 53.2 Å². The van der Waals surface area contributed by atoms with Crippen LogP contribution in [0.25, 0.3) is 22.4 Å². The fourth-order valence-corrected chi connectivity index (χ4v) is 6.09. The number of hydrogen-bond acceptors (Lipinski definition) is 7. The van der Waals surface area contributed by atoms with Crippen LogP contribution in [0.2, 0.25) is 0 Å². The molecule has 2 fully saturated rings. The predicted molar refractivity (Wildman–Crippen MR) is 153 cm³/mol. The smallest absolute Gasteiger partial charge is 0.237 e. The van der Waals surface area contributed by atoms with Crippen molar-refractivity contribution in [2.75, 3.05) is 12.3 Å². The van der Waals surface area contributed by atoms with Gasteiger partial charge >= 0.3 is 0 Å². The topological polar surface area (TPSA) is 136 Å². The second-order valence-corrected chi connectivity index (χ2v) is 11.2. The minimum absolute atomic E-state index is 0.140. The second-order valence-electron chi connectivity index (χ2n) is 11.2. The Hall–Kier alpha value is -4.86. The number of anilines is 1. The highest BCUT2D eigenvalue weighted by Gasteiger charge is 2.46. The lowest BCUT2D eigenvalue weighted by atomic mass is 9.74. The number of carbonyl (C=O) groups is 2. The number of allylic oxidation sites excluding steroid dienone is 2. The number of imide groups is 1. The van der Waals surface area contributed by atoms with Gasteiger partial charge in [0.25, 0.3) is 0 Å². The standard InChI is InChI=1S/C31H30N8O2/c1-31(23-10-11-23,22-8-6-19(7-9-22)20-15-33-30(32)34-16-20)27-14-26(36-37-27)21-17-35-38(18-21)12-13-39-28(40)24-4-2-3-5-25(24)29(39)41/h2-9,14-18,23-25H,10-13H2,1H3,(H,36,37)(H2,32,33,34)/t24?,25?,31-/m0/s1. The molecule has 4 aromatic rings. The molecule has 3 aromatic heterocycles. The molecule has 206 valence electrons. The molecule has 1 aromatic carbocycles. The molecular formula is C31H30N8O2. The Kier molecular flexibility index (Phi) is 5.92. The number of H-pyrrole nitrogens is 1. The van der Waals surface area contributed by atoms with E-state index in [1.807, 2.05) is 30.5 Å². The summed E-state index contributed by atoms with van der Waals surface area (Å²) in [5, 5.41) is 12.4. The maximum Gasteiger partial charge on any atom is 0.237 e. The van der Waals surface area contributed by atoms with E-state index < -0.39 is 0 Å².